The zero-order valence-corrected chi connectivity index (χ0v) is 15.9. The summed E-state index contributed by atoms with van der Waals surface area (Å²) in [6.45, 7) is 7.80. The van der Waals surface area contributed by atoms with Crippen molar-refractivity contribution in [1.82, 2.24) is 4.90 Å². The van der Waals surface area contributed by atoms with Crippen molar-refractivity contribution in [3.8, 4) is 0 Å². The molecule has 1 atom stereocenters. The molecule has 6 nitrogen and oxygen atoms in total. The summed E-state index contributed by atoms with van der Waals surface area (Å²) < 4.78 is 5.56. The van der Waals surface area contributed by atoms with E-state index in [1.165, 1.54) is 0 Å². The van der Waals surface area contributed by atoms with Gasteiger partial charge in [-0.2, -0.15) is 0 Å². The van der Waals surface area contributed by atoms with Crippen LogP contribution in [-0.2, 0) is 20.7 Å². The van der Waals surface area contributed by atoms with Gasteiger partial charge >= 0.3 is 12.1 Å². The topological polar surface area (TPSA) is 83.9 Å². The Hall–Kier alpha value is -2.63. The first-order valence-corrected chi connectivity index (χ1v) is 9.10. The maximum Gasteiger partial charge on any atom is 0.415 e. The van der Waals surface area contributed by atoms with Crippen LogP contribution in [0.15, 0.2) is 43.0 Å². The van der Waals surface area contributed by atoms with Crippen LogP contribution in [-0.4, -0.2) is 40.1 Å². The van der Waals surface area contributed by atoms with E-state index < -0.39 is 23.5 Å². The van der Waals surface area contributed by atoms with Gasteiger partial charge in [0, 0.05) is 12.8 Å². The maximum atomic E-state index is 13.1. The molecule has 0 saturated carbocycles. The summed E-state index contributed by atoms with van der Waals surface area (Å²) in [4.78, 5) is 37.7. The number of benzene rings is 1. The number of hydrogen-bond donors (Lipinski definition) is 1. The molecular weight excluding hydrogens is 346 g/mol. The van der Waals surface area contributed by atoms with Crippen LogP contribution in [0.25, 0.3) is 0 Å². The zero-order chi connectivity index (χ0) is 20.1. The number of hydrogen-bond acceptors (Lipinski definition) is 4. The molecule has 146 valence electrons. The second kappa shape index (κ2) is 8.37. The second-order valence-electron chi connectivity index (χ2n) is 7.77. The first kappa shape index (κ1) is 20.7. The lowest BCUT2D eigenvalue weighted by Crippen LogP contribution is -2.56. The van der Waals surface area contributed by atoms with Crippen molar-refractivity contribution in [1.29, 1.82) is 0 Å². The highest BCUT2D eigenvalue weighted by atomic mass is 16.5. The van der Waals surface area contributed by atoms with Gasteiger partial charge in [-0.25, -0.2) is 14.5 Å². The van der Waals surface area contributed by atoms with Gasteiger partial charge < -0.3 is 9.84 Å². The minimum Gasteiger partial charge on any atom is -0.465 e. The molecule has 27 heavy (non-hydrogen) atoms. The smallest absolute Gasteiger partial charge is 0.415 e. The van der Waals surface area contributed by atoms with Crippen LogP contribution in [0.4, 0.5) is 4.79 Å². The van der Waals surface area contributed by atoms with Crippen molar-refractivity contribution in [3.05, 3.63) is 48.6 Å². The number of carbonyl (C=O) groups excluding carboxylic acids is 2. The highest BCUT2D eigenvalue weighted by Gasteiger charge is 2.55. The number of nitrogens with zero attached hydrogens (tertiary/aromatic N) is 1. The molecule has 1 unspecified atom stereocenters. The van der Waals surface area contributed by atoms with E-state index in [1.54, 1.807) is 0 Å². The van der Waals surface area contributed by atoms with Crippen molar-refractivity contribution in [2.24, 2.45) is 5.41 Å². The van der Waals surface area contributed by atoms with Crippen molar-refractivity contribution < 1.29 is 24.2 Å². The minimum atomic E-state index is -1.52. The molecule has 2 amide bonds. The standard InChI is InChI=1S/C21H27NO5/c1-4-5-12-20(2,3)15-27-18(24)21(14-16-9-7-6-8-10-16)13-11-17(23)22(21)19(25)26/h4,6-10H,1,5,11-15H2,2-3H3,(H,25,26). The SMILES string of the molecule is C=CCCC(C)(C)COC(=O)C1(Cc2ccccc2)CCC(=O)N1C(=O)O. The number of ether oxygens (including phenoxy) is 1. The summed E-state index contributed by atoms with van der Waals surface area (Å²) in [6, 6.07) is 9.09. The zero-order valence-electron chi connectivity index (χ0n) is 15.9. The third-order valence-corrected chi connectivity index (χ3v) is 4.96. The van der Waals surface area contributed by atoms with Gasteiger partial charge in [0.25, 0.3) is 0 Å². The molecule has 0 aliphatic carbocycles. The van der Waals surface area contributed by atoms with E-state index in [-0.39, 0.29) is 31.3 Å². The summed E-state index contributed by atoms with van der Waals surface area (Å²) in [5, 5.41) is 9.58. The molecule has 6 heteroatoms. The molecule has 0 spiro atoms. The number of rotatable bonds is 8. The van der Waals surface area contributed by atoms with E-state index in [4.69, 9.17) is 4.74 Å². The van der Waals surface area contributed by atoms with Crippen molar-refractivity contribution >= 4 is 18.0 Å². The molecule has 1 aromatic rings. The molecule has 1 aromatic carbocycles. The molecule has 1 fully saturated rings. The van der Waals surface area contributed by atoms with E-state index in [1.807, 2.05) is 50.3 Å². The Morgan fingerprint density at radius 1 is 1.33 bits per heavy atom. The summed E-state index contributed by atoms with van der Waals surface area (Å²) in [7, 11) is 0. The van der Waals surface area contributed by atoms with Crippen LogP contribution in [0.1, 0.15) is 45.1 Å². The Kier molecular flexibility index (Phi) is 6.41. The molecule has 0 radical (unpaired) electrons. The van der Waals surface area contributed by atoms with Gasteiger partial charge in [0.05, 0.1) is 6.61 Å². The summed E-state index contributed by atoms with van der Waals surface area (Å²) in [5.74, 6) is -1.23. The second-order valence-corrected chi connectivity index (χ2v) is 7.77. The Bertz CT molecular complexity index is 713. The predicted octanol–water partition coefficient (Wildman–Crippen LogP) is 3.80. The van der Waals surface area contributed by atoms with Gasteiger partial charge in [-0.15, -0.1) is 6.58 Å². The molecular formula is C21H27NO5. The Morgan fingerprint density at radius 3 is 2.59 bits per heavy atom. The van der Waals surface area contributed by atoms with Gasteiger partial charge in [-0.3, -0.25) is 4.79 Å². The molecule has 1 saturated heterocycles. The normalized spacial score (nSPS) is 19.8. The van der Waals surface area contributed by atoms with E-state index in [0.717, 1.165) is 18.4 Å². The third-order valence-electron chi connectivity index (χ3n) is 4.96. The number of imide groups is 1. The van der Waals surface area contributed by atoms with Gasteiger partial charge in [-0.1, -0.05) is 50.3 Å². The van der Waals surface area contributed by atoms with E-state index in [0.29, 0.717) is 4.90 Å². The molecule has 1 heterocycles. The number of amides is 2. The largest absolute Gasteiger partial charge is 0.465 e. The fourth-order valence-electron chi connectivity index (χ4n) is 3.39. The number of allylic oxidation sites excluding steroid dienone is 1. The molecule has 0 bridgehead atoms. The lowest BCUT2D eigenvalue weighted by molar-refractivity contribution is -0.161. The minimum absolute atomic E-state index is 0.00803. The van der Waals surface area contributed by atoms with Crippen LogP contribution in [0.3, 0.4) is 0 Å². The average Bonchev–Trinajstić information content (AvgIpc) is 2.96. The fourth-order valence-corrected chi connectivity index (χ4v) is 3.39. The molecule has 1 aliphatic heterocycles. The Morgan fingerprint density at radius 2 is 2.00 bits per heavy atom. The van der Waals surface area contributed by atoms with Crippen LogP contribution >= 0.6 is 0 Å². The molecule has 0 aromatic heterocycles. The van der Waals surface area contributed by atoms with Gasteiger partial charge in [-0.05, 0) is 30.2 Å². The van der Waals surface area contributed by atoms with Crippen molar-refractivity contribution in [2.45, 2.75) is 51.5 Å². The number of likely N-dealkylation sites (tertiary alicyclic amines) is 1. The molecule has 1 aliphatic rings. The van der Waals surface area contributed by atoms with E-state index in [9.17, 15) is 19.5 Å². The highest BCUT2D eigenvalue weighted by molar-refractivity contribution is 6.01. The van der Waals surface area contributed by atoms with Crippen LogP contribution in [0.5, 0.6) is 0 Å². The third kappa shape index (κ3) is 4.76. The van der Waals surface area contributed by atoms with Gasteiger partial charge in [0.15, 0.2) is 5.54 Å². The first-order chi connectivity index (χ1) is 12.7. The number of carbonyl (C=O) groups is 3. The van der Waals surface area contributed by atoms with E-state index >= 15 is 0 Å². The monoisotopic (exact) mass is 373 g/mol. The number of esters is 1. The first-order valence-electron chi connectivity index (χ1n) is 9.10. The summed E-state index contributed by atoms with van der Waals surface area (Å²) in [5.41, 5.74) is -1.01. The van der Waals surface area contributed by atoms with Gasteiger partial charge in [0.2, 0.25) is 5.91 Å². The predicted molar refractivity (Wildman–Crippen MR) is 101 cm³/mol. The number of carboxylic acid groups (broad SMARTS) is 1. The fraction of sp³-hybridized carbons (Fsp3) is 0.476. The van der Waals surface area contributed by atoms with Crippen LogP contribution in [0.2, 0.25) is 0 Å². The van der Waals surface area contributed by atoms with Gasteiger partial charge in [0.1, 0.15) is 0 Å². The maximum absolute atomic E-state index is 13.1. The van der Waals surface area contributed by atoms with E-state index in [2.05, 4.69) is 6.58 Å². The molecule has 2 rings (SSSR count). The highest BCUT2D eigenvalue weighted by Crippen LogP contribution is 2.36. The Labute approximate surface area is 159 Å². The lowest BCUT2D eigenvalue weighted by atomic mass is 9.87. The lowest BCUT2D eigenvalue weighted by Gasteiger charge is -2.34. The van der Waals surface area contributed by atoms with Crippen molar-refractivity contribution in [2.75, 3.05) is 6.61 Å². The summed E-state index contributed by atoms with van der Waals surface area (Å²) >= 11 is 0. The Balaban J connectivity index is 2.27. The van der Waals surface area contributed by atoms with Crippen LogP contribution < -0.4 is 0 Å². The van der Waals surface area contributed by atoms with Crippen LogP contribution in [0, 0.1) is 5.41 Å². The quantitative estimate of drug-likeness (QED) is 0.553. The average molecular weight is 373 g/mol. The summed E-state index contributed by atoms with van der Waals surface area (Å²) in [6.07, 6.45) is 2.21. The molecule has 1 N–H and O–H groups in total. The van der Waals surface area contributed by atoms with Crippen molar-refractivity contribution in [3.63, 3.8) is 0 Å².